The molecule has 3 aromatic carbocycles. The normalized spacial score (nSPS) is 14.4. The number of hydrogen-bond acceptors (Lipinski definition) is 3. The van der Waals surface area contributed by atoms with Gasteiger partial charge in [0, 0.05) is 11.3 Å². The minimum absolute atomic E-state index is 0.112. The second-order valence-corrected chi connectivity index (χ2v) is 7.97. The lowest BCUT2D eigenvalue weighted by molar-refractivity contribution is -0.115. The van der Waals surface area contributed by atoms with Gasteiger partial charge in [-0.3, -0.25) is 4.79 Å². The van der Waals surface area contributed by atoms with Crippen LogP contribution in [0.4, 0.5) is 0 Å². The highest BCUT2D eigenvalue weighted by Crippen LogP contribution is 2.27. The highest BCUT2D eigenvalue weighted by atomic mass is 16.5. The number of nitrogens with one attached hydrogen (secondary N) is 1. The fraction of sp³-hybridized carbons (Fsp3) is 0.179. The maximum atomic E-state index is 12.5. The van der Waals surface area contributed by atoms with E-state index in [2.05, 4.69) is 24.4 Å². The Morgan fingerprint density at radius 1 is 0.844 bits per heavy atom. The molecule has 0 saturated heterocycles. The molecule has 4 rings (SSSR count). The third kappa shape index (κ3) is 5.27. The standard InChI is InChI=1S/C28H27NO3/c1-4-20-5-11-25(12-6-20)32-26-15-9-22(10-16-26)27-18-23(28(30)29-27)17-21-7-13-24(14-8-21)31-19(2)3/h5-19H,4H2,1-3H3,(H,29,30)/b23-17-. The molecule has 0 bridgehead atoms. The maximum Gasteiger partial charge on any atom is 0.255 e. The van der Waals surface area contributed by atoms with Crippen LogP contribution in [0.15, 0.2) is 84.4 Å². The molecule has 1 N–H and O–H groups in total. The summed E-state index contributed by atoms with van der Waals surface area (Å²) in [5, 5.41) is 2.95. The molecule has 0 unspecified atom stereocenters. The van der Waals surface area contributed by atoms with Crippen LogP contribution in [-0.4, -0.2) is 12.0 Å². The fourth-order valence-corrected chi connectivity index (χ4v) is 3.44. The number of rotatable bonds is 7. The Morgan fingerprint density at radius 2 is 1.44 bits per heavy atom. The van der Waals surface area contributed by atoms with E-state index in [1.54, 1.807) is 0 Å². The summed E-state index contributed by atoms with van der Waals surface area (Å²) in [6.07, 6.45) is 4.88. The second-order valence-electron chi connectivity index (χ2n) is 7.97. The van der Waals surface area contributed by atoms with E-state index in [0.717, 1.165) is 40.5 Å². The van der Waals surface area contributed by atoms with Gasteiger partial charge < -0.3 is 14.8 Å². The summed E-state index contributed by atoms with van der Waals surface area (Å²) in [6.45, 7) is 6.12. The van der Waals surface area contributed by atoms with Crippen molar-refractivity contribution in [2.24, 2.45) is 0 Å². The van der Waals surface area contributed by atoms with E-state index in [1.807, 2.05) is 86.7 Å². The van der Waals surface area contributed by atoms with Gasteiger partial charge in [-0.15, -0.1) is 0 Å². The van der Waals surface area contributed by atoms with Crippen LogP contribution in [0.3, 0.4) is 0 Å². The molecule has 4 nitrogen and oxygen atoms in total. The van der Waals surface area contributed by atoms with E-state index in [9.17, 15) is 4.79 Å². The first-order valence-electron chi connectivity index (χ1n) is 10.9. The summed E-state index contributed by atoms with van der Waals surface area (Å²) in [5.41, 5.74) is 4.55. The summed E-state index contributed by atoms with van der Waals surface area (Å²) >= 11 is 0. The topological polar surface area (TPSA) is 47.6 Å². The van der Waals surface area contributed by atoms with Gasteiger partial charge in [0.15, 0.2) is 0 Å². The highest BCUT2D eigenvalue weighted by molar-refractivity contribution is 6.10. The smallest absolute Gasteiger partial charge is 0.255 e. The number of amides is 1. The number of benzene rings is 3. The lowest BCUT2D eigenvalue weighted by Crippen LogP contribution is -2.15. The first-order chi connectivity index (χ1) is 15.5. The average molecular weight is 426 g/mol. The van der Waals surface area contributed by atoms with Crippen LogP contribution in [0.2, 0.25) is 0 Å². The van der Waals surface area contributed by atoms with E-state index in [4.69, 9.17) is 9.47 Å². The van der Waals surface area contributed by atoms with E-state index < -0.39 is 0 Å². The van der Waals surface area contributed by atoms with Gasteiger partial charge in [-0.2, -0.15) is 0 Å². The van der Waals surface area contributed by atoms with Crippen LogP contribution >= 0.6 is 0 Å². The van der Waals surface area contributed by atoms with Gasteiger partial charge in [0.1, 0.15) is 17.2 Å². The van der Waals surface area contributed by atoms with Gasteiger partial charge in [0.25, 0.3) is 5.91 Å². The summed E-state index contributed by atoms with van der Waals surface area (Å²) in [5.74, 6) is 2.26. The molecule has 1 aliphatic rings. The molecule has 0 atom stereocenters. The van der Waals surface area contributed by atoms with Gasteiger partial charge in [-0.25, -0.2) is 0 Å². The van der Waals surface area contributed by atoms with E-state index in [-0.39, 0.29) is 12.0 Å². The zero-order valence-electron chi connectivity index (χ0n) is 18.6. The molecule has 0 spiro atoms. The van der Waals surface area contributed by atoms with Crippen LogP contribution in [-0.2, 0) is 11.2 Å². The molecule has 0 saturated carbocycles. The molecule has 0 fully saturated rings. The minimum atomic E-state index is -0.112. The molecule has 0 aromatic heterocycles. The molecule has 1 aliphatic heterocycles. The first-order valence-corrected chi connectivity index (χ1v) is 10.9. The summed E-state index contributed by atoms with van der Waals surface area (Å²) in [7, 11) is 0. The van der Waals surface area contributed by atoms with Crippen LogP contribution in [0.5, 0.6) is 17.2 Å². The molecule has 3 aromatic rings. The van der Waals surface area contributed by atoms with E-state index in [0.29, 0.717) is 5.57 Å². The van der Waals surface area contributed by atoms with Crippen molar-refractivity contribution < 1.29 is 14.3 Å². The van der Waals surface area contributed by atoms with Gasteiger partial charge in [-0.1, -0.05) is 31.2 Å². The third-order valence-corrected chi connectivity index (χ3v) is 5.12. The molecule has 32 heavy (non-hydrogen) atoms. The third-order valence-electron chi connectivity index (χ3n) is 5.12. The number of aryl methyl sites for hydroxylation is 1. The lowest BCUT2D eigenvalue weighted by Gasteiger charge is -2.09. The van der Waals surface area contributed by atoms with Crippen molar-refractivity contribution in [3.8, 4) is 17.2 Å². The molecule has 0 aliphatic carbocycles. The van der Waals surface area contributed by atoms with Crippen molar-refractivity contribution in [3.63, 3.8) is 0 Å². The van der Waals surface area contributed by atoms with Gasteiger partial charge in [0.2, 0.25) is 0 Å². The second kappa shape index (κ2) is 9.56. The number of ether oxygens (including phenoxy) is 2. The zero-order valence-corrected chi connectivity index (χ0v) is 18.6. The summed E-state index contributed by atoms with van der Waals surface area (Å²) < 4.78 is 11.6. The predicted molar refractivity (Wildman–Crippen MR) is 129 cm³/mol. The predicted octanol–water partition coefficient (Wildman–Crippen LogP) is 6.38. The molecule has 162 valence electrons. The molecule has 1 heterocycles. The van der Waals surface area contributed by atoms with Crippen molar-refractivity contribution >= 4 is 17.7 Å². The molecule has 1 amide bonds. The Bertz CT molecular complexity index is 1140. The quantitative estimate of drug-likeness (QED) is 0.447. The monoisotopic (exact) mass is 425 g/mol. The average Bonchev–Trinajstić information content (AvgIpc) is 3.16. The largest absolute Gasteiger partial charge is 0.491 e. The summed E-state index contributed by atoms with van der Waals surface area (Å²) in [4.78, 5) is 12.5. The number of hydrogen-bond donors (Lipinski definition) is 1. The fourth-order valence-electron chi connectivity index (χ4n) is 3.44. The number of carbonyl (C=O) groups is 1. The van der Waals surface area contributed by atoms with Crippen molar-refractivity contribution in [2.75, 3.05) is 0 Å². The Labute approximate surface area is 189 Å². The summed E-state index contributed by atoms with van der Waals surface area (Å²) in [6, 6.07) is 23.5. The van der Waals surface area contributed by atoms with Crippen LogP contribution < -0.4 is 14.8 Å². The van der Waals surface area contributed by atoms with Crippen molar-refractivity contribution in [3.05, 3.63) is 101 Å². The Hall–Kier alpha value is -3.79. The van der Waals surface area contributed by atoms with Gasteiger partial charge >= 0.3 is 0 Å². The Balaban J connectivity index is 1.46. The minimum Gasteiger partial charge on any atom is -0.491 e. The van der Waals surface area contributed by atoms with Gasteiger partial charge in [-0.05, 0) is 97.6 Å². The molecule has 4 heteroatoms. The van der Waals surface area contributed by atoms with E-state index in [1.165, 1.54) is 5.56 Å². The van der Waals surface area contributed by atoms with Crippen LogP contribution in [0.25, 0.3) is 11.8 Å². The van der Waals surface area contributed by atoms with Crippen molar-refractivity contribution in [2.45, 2.75) is 33.3 Å². The first kappa shape index (κ1) is 21.4. The van der Waals surface area contributed by atoms with Crippen molar-refractivity contribution in [1.82, 2.24) is 5.32 Å². The zero-order chi connectivity index (χ0) is 22.5. The lowest BCUT2D eigenvalue weighted by atomic mass is 10.1. The molecular formula is C28H27NO3. The van der Waals surface area contributed by atoms with Gasteiger partial charge in [0.05, 0.1) is 6.10 Å². The maximum absolute atomic E-state index is 12.5. The van der Waals surface area contributed by atoms with E-state index >= 15 is 0 Å². The highest BCUT2D eigenvalue weighted by Gasteiger charge is 2.19. The van der Waals surface area contributed by atoms with Crippen LogP contribution in [0, 0.1) is 0 Å². The molecule has 0 radical (unpaired) electrons. The SMILES string of the molecule is CCc1ccc(Oc2ccc(C3=C/C(=C/c4ccc(OC(C)C)cc4)C(=O)N3)cc2)cc1. The van der Waals surface area contributed by atoms with Crippen molar-refractivity contribution in [1.29, 1.82) is 0 Å². The Kier molecular flexibility index (Phi) is 6.41. The Morgan fingerprint density at radius 3 is 2.03 bits per heavy atom. The van der Waals surface area contributed by atoms with Crippen LogP contribution in [0.1, 0.15) is 37.5 Å². The number of carbonyl (C=O) groups excluding carboxylic acids is 1. The molecular weight excluding hydrogens is 398 g/mol.